The van der Waals surface area contributed by atoms with Gasteiger partial charge in [-0.15, -0.1) is 24.0 Å². The maximum atomic E-state index is 11.4. The van der Waals surface area contributed by atoms with Crippen molar-refractivity contribution in [3.63, 3.8) is 0 Å². The standard InChI is InChI=1S/C13H19N3O2.HI/c1-3-7-15-13(14)16-9-10-5-4-6-11(8-10)12(17)18-2;/h4-6,8H,3,7,9H2,1-2H3,(H3,14,15,16);1H. The van der Waals surface area contributed by atoms with Gasteiger partial charge in [0.15, 0.2) is 5.96 Å². The molecular weight excluding hydrogens is 357 g/mol. The summed E-state index contributed by atoms with van der Waals surface area (Å²) in [6.45, 7) is 3.30. The monoisotopic (exact) mass is 377 g/mol. The van der Waals surface area contributed by atoms with Crippen LogP contribution in [0.15, 0.2) is 29.3 Å². The molecule has 0 aromatic heterocycles. The Bertz CT molecular complexity index is 436. The molecule has 106 valence electrons. The molecule has 0 fully saturated rings. The van der Waals surface area contributed by atoms with Crippen LogP contribution in [0.5, 0.6) is 0 Å². The van der Waals surface area contributed by atoms with E-state index in [1.54, 1.807) is 18.2 Å². The topological polar surface area (TPSA) is 76.7 Å². The van der Waals surface area contributed by atoms with Gasteiger partial charge in [0.25, 0.3) is 0 Å². The van der Waals surface area contributed by atoms with Gasteiger partial charge in [0.1, 0.15) is 0 Å². The third-order valence-corrected chi connectivity index (χ3v) is 2.34. The molecule has 0 spiro atoms. The fourth-order valence-electron chi connectivity index (χ4n) is 1.40. The summed E-state index contributed by atoms with van der Waals surface area (Å²) in [6, 6.07) is 7.15. The quantitative estimate of drug-likeness (QED) is 0.356. The largest absolute Gasteiger partial charge is 0.465 e. The molecule has 0 saturated carbocycles. The number of nitrogens with one attached hydrogen (secondary N) is 1. The van der Waals surface area contributed by atoms with Gasteiger partial charge in [0.2, 0.25) is 0 Å². The van der Waals surface area contributed by atoms with Crippen molar-refractivity contribution in [1.29, 1.82) is 0 Å². The molecule has 0 radical (unpaired) electrons. The van der Waals surface area contributed by atoms with Gasteiger partial charge in [-0.2, -0.15) is 0 Å². The Morgan fingerprint density at radius 3 is 2.84 bits per heavy atom. The molecule has 0 aliphatic rings. The summed E-state index contributed by atoms with van der Waals surface area (Å²) in [6.07, 6.45) is 0.994. The number of ether oxygens (including phenoxy) is 1. The van der Waals surface area contributed by atoms with E-state index in [9.17, 15) is 4.79 Å². The van der Waals surface area contributed by atoms with Crippen molar-refractivity contribution in [3.05, 3.63) is 35.4 Å². The van der Waals surface area contributed by atoms with Gasteiger partial charge in [-0.3, -0.25) is 0 Å². The Kier molecular flexibility index (Phi) is 8.94. The van der Waals surface area contributed by atoms with E-state index in [2.05, 4.69) is 22.0 Å². The molecule has 5 nitrogen and oxygen atoms in total. The van der Waals surface area contributed by atoms with Gasteiger partial charge in [-0.05, 0) is 24.1 Å². The SMILES string of the molecule is CCCNC(N)=NCc1cccc(C(=O)OC)c1.I. The molecule has 1 rings (SSSR count). The van der Waals surface area contributed by atoms with E-state index in [0.717, 1.165) is 18.5 Å². The molecule has 6 heteroatoms. The lowest BCUT2D eigenvalue weighted by molar-refractivity contribution is 0.0600. The van der Waals surface area contributed by atoms with Crippen LogP contribution in [0.1, 0.15) is 29.3 Å². The summed E-state index contributed by atoms with van der Waals surface area (Å²) in [4.78, 5) is 15.5. The fraction of sp³-hybridized carbons (Fsp3) is 0.385. The Morgan fingerprint density at radius 2 is 2.21 bits per heavy atom. The fourth-order valence-corrected chi connectivity index (χ4v) is 1.40. The molecular formula is C13H20IN3O2. The molecule has 0 bridgehead atoms. The van der Waals surface area contributed by atoms with Crippen molar-refractivity contribution in [2.24, 2.45) is 10.7 Å². The van der Waals surface area contributed by atoms with Crippen molar-refractivity contribution in [2.45, 2.75) is 19.9 Å². The summed E-state index contributed by atoms with van der Waals surface area (Å²) in [7, 11) is 1.36. The predicted octanol–water partition coefficient (Wildman–Crippen LogP) is 1.91. The Labute approximate surface area is 130 Å². The molecule has 0 aliphatic carbocycles. The van der Waals surface area contributed by atoms with E-state index in [1.165, 1.54) is 7.11 Å². The highest BCUT2D eigenvalue weighted by atomic mass is 127. The highest BCUT2D eigenvalue weighted by Crippen LogP contribution is 2.07. The van der Waals surface area contributed by atoms with E-state index < -0.39 is 0 Å². The molecule has 0 atom stereocenters. The first-order valence-electron chi connectivity index (χ1n) is 5.88. The van der Waals surface area contributed by atoms with Crippen molar-refractivity contribution < 1.29 is 9.53 Å². The number of carbonyl (C=O) groups excluding carboxylic acids is 1. The van der Waals surface area contributed by atoms with Crippen molar-refractivity contribution in [3.8, 4) is 0 Å². The number of nitrogens with two attached hydrogens (primary N) is 1. The lowest BCUT2D eigenvalue weighted by Crippen LogP contribution is -2.32. The molecule has 0 amide bonds. The van der Waals surface area contributed by atoms with Gasteiger partial charge >= 0.3 is 5.97 Å². The minimum atomic E-state index is -0.349. The number of esters is 1. The van der Waals surface area contributed by atoms with Crippen LogP contribution in [-0.2, 0) is 11.3 Å². The van der Waals surface area contributed by atoms with Crippen LogP contribution in [0.3, 0.4) is 0 Å². The van der Waals surface area contributed by atoms with E-state index in [0.29, 0.717) is 18.1 Å². The third kappa shape index (κ3) is 6.42. The third-order valence-electron chi connectivity index (χ3n) is 2.34. The second-order valence-electron chi connectivity index (χ2n) is 3.82. The Morgan fingerprint density at radius 1 is 1.47 bits per heavy atom. The first-order valence-corrected chi connectivity index (χ1v) is 5.88. The zero-order chi connectivity index (χ0) is 13.4. The van der Waals surface area contributed by atoms with Crippen LogP contribution in [0, 0.1) is 0 Å². The van der Waals surface area contributed by atoms with Gasteiger partial charge in [0.05, 0.1) is 19.2 Å². The number of benzene rings is 1. The van der Waals surface area contributed by atoms with E-state index in [4.69, 9.17) is 5.73 Å². The van der Waals surface area contributed by atoms with Gasteiger partial charge in [-0.1, -0.05) is 19.1 Å². The van der Waals surface area contributed by atoms with Crippen molar-refractivity contribution >= 4 is 35.9 Å². The van der Waals surface area contributed by atoms with Gasteiger partial charge in [0, 0.05) is 6.54 Å². The van der Waals surface area contributed by atoms with Crippen LogP contribution in [0.25, 0.3) is 0 Å². The lowest BCUT2D eigenvalue weighted by Gasteiger charge is -2.04. The smallest absolute Gasteiger partial charge is 0.337 e. The summed E-state index contributed by atoms with van der Waals surface area (Å²) >= 11 is 0. The number of carbonyl (C=O) groups is 1. The molecule has 1 aromatic carbocycles. The summed E-state index contributed by atoms with van der Waals surface area (Å²) in [5.41, 5.74) is 7.11. The van der Waals surface area contributed by atoms with Crippen molar-refractivity contribution in [2.75, 3.05) is 13.7 Å². The predicted molar refractivity (Wildman–Crippen MR) is 86.8 cm³/mol. The highest BCUT2D eigenvalue weighted by molar-refractivity contribution is 14.0. The maximum Gasteiger partial charge on any atom is 0.337 e. The molecule has 1 aromatic rings. The van der Waals surface area contributed by atoms with Gasteiger partial charge in [-0.25, -0.2) is 9.79 Å². The second-order valence-corrected chi connectivity index (χ2v) is 3.82. The normalized spacial score (nSPS) is 10.5. The van der Waals surface area contributed by atoms with Crippen LogP contribution in [-0.4, -0.2) is 25.6 Å². The molecule has 0 unspecified atom stereocenters. The number of nitrogens with zero attached hydrogens (tertiary/aromatic N) is 1. The van der Waals surface area contributed by atoms with Crippen LogP contribution < -0.4 is 11.1 Å². The second kappa shape index (κ2) is 9.60. The molecule has 0 aliphatic heterocycles. The highest BCUT2D eigenvalue weighted by Gasteiger charge is 2.05. The van der Waals surface area contributed by atoms with Gasteiger partial charge < -0.3 is 15.8 Å². The maximum absolute atomic E-state index is 11.4. The van der Waals surface area contributed by atoms with E-state index in [-0.39, 0.29) is 29.9 Å². The number of rotatable bonds is 5. The number of guanidine groups is 1. The van der Waals surface area contributed by atoms with Crippen molar-refractivity contribution in [1.82, 2.24) is 5.32 Å². The number of halogens is 1. The number of aliphatic imine (C=N–C) groups is 1. The van der Waals surface area contributed by atoms with E-state index >= 15 is 0 Å². The number of hydrogen-bond donors (Lipinski definition) is 2. The number of hydrogen-bond acceptors (Lipinski definition) is 3. The van der Waals surface area contributed by atoms with Crippen LogP contribution in [0.2, 0.25) is 0 Å². The minimum Gasteiger partial charge on any atom is -0.465 e. The average molecular weight is 377 g/mol. The summed E-state index contributed by atoms with van der Waals surface area (Å²) < 4.78 is 4.66. The summed E-state index contributed by atoms with van der Waals surface area (Å²) in [5.74, 6) is 0.0678. The molecule has 3 N–H and O–H groups in total. The number of methoxy groups -OCH3 is 1. The Balaban J connectivity index is 0.00000324. The first kappa shape index (κ1) is 17.7. The molecule has 19 heavy (non-hydrogen) atoms. The van der Waals surface area contributed by atoms with Crippen LogP contribution >= 0.6 is 24.0 Å². The molecule has 0 heterocycles. The Hall–Kier alpha value is -1.31. The zero-order valence-corrected chi connectivity index (χ0v) is 13.5. The molecule has 0 saturated heterocycles. The van der Waals surface area contributed by atoms with E-state index in [1.807, 2.05) is 6.07 Å². The minimum absolute atomic E-state index is 0. The lowest BCUT2D eigenvalue weighted by atomic mass is 10.1. The first-order chi connectivity index (χ1) is 8.67. The summed E-state index contributed by atoms with van der Waals surface area (Å²) in [5, 5.41) is 2.99. The average Bonchev–Trinajstić information content (AvgIpc) is 2.42. The zero-order valence-electron chi connectivity index (χ0n) is 11.2. The van der Waals surface area contributed by atoms with Crippen LogP contribution in [0.4, 0.5) is 0 Å².